The van der Waals surface area contributed by atoms with Gasteiger partial charge < -0.3 is 5.73 Å². The van der Waals surface area contributed by atoms with Gasteiger partial charge in [-0.1, -0.05) is 12.1 Å². The summed E-state index contributed by atoms with van der Waals surface area (Å²) in [5.74, 6) is 0. The van der Waals surface area contributed by atoms with Gasteiger partial charge in [0.05, 0.1) is 16.3 Å². The number of aliphatic imine (C=N–C) groups is 1. The normalized spacial score (nSPS) is 13.2. The minimum absolute atomic E-state index is 0.133. The van der Waals surface area contributed by atoms with Crippen LogP contribution in [0, 0.1) is 17.0 Å². The molecule has 0 aliphatic rings. The largest absolute Gasteiger partial charge is 0.397 e. The fourth-order valence-electron chi connectivity index (χ4n) is 1.51. The Labute approximate surface area is 99.8 Å². The maximum absolute atomic E-state index is 10.8. The van der Waals surface area contributed by atoms with E-state index in [9.17, 15) is 10.1 Å². The Bertz CT molecular complexity index is 500. The van der Waals surface area contributed by atoms with Crippen LogP contribution in [0.4, 0.5) is 5.69 Å². The van der Waals surface area contributed by atoms with Crippen LogP contribution in [0.5, 0.6) is 0 Å². The molecule has 5 heteroatoms. The summed E-state index contributed by atoms with van der Waals surface area (Å²) in [6.07, 6.45) is 0. The lowest BCUT2D eigenvalue weighted by molar-refractivity contribution is -0.416. The molecular weight excluding hydrogens is 218 g/mol. The molecule has 0 spiro atoms. The van der Waals surface area contributed by atoms with Crippen molar-refractivity contribution >= 4 is 11.4 Å². The summed E-state index contributed by atoms with van der Waals surface area (Å²) < 4.78 is 0. The molecule has 0 aromatic heterocycles. The molecule has 0 bridgehead atoms. The van der Waals surface area contributed by atoms with Gasteiger partial charge in [0.25, 0.3) is 0 Å². The number of nitrogens with two attached hydrogens (primary N) is 1. The highest BCUT2D eigenvalue weighted by molar-refractivity contribution is 5.98. The Morgan fingerprint density at radius 2 is 2.06 bits per heavy atom. The standard InChI is InChI=1S/C12H15N3O2/c1-8-5-4-6-11(7-8)14-10(3)12(9(2)13)15(16)17/h4-7H,13H2,1-3H3. The number of nitrogens with zero attached hydrogens (tertiary/aromatic N) is 2. The van der Waals surface area contributed by atoms with Crippen LogP contribution in [-0.2, 0) is 0 Å². The molecule has 0 amide bonds. The number of nitro groups is 1. The summed E-state index contributed by atoms with van der Waals surface area (Å²) in [6, 6.07) is 7.44. The molecule has 0 fully saturated rings. The third-order valence-corrected chi connectivity index (χ3v) is 2.20. The second-order valence-corrected chi connectivity index (χ2v) is 3.82. The van der Waals surface area contributed by atoms with Crippen molar-refractivity contribution in [2.45, 2.75) is 20.8 Å². The maximum Gasteiger partial charge on any atom is 0.308 e. The van der Waals surface area contributed by atoms with Gasteiger partial charge >= 0.3 is 5.70 Å². The van der Waals surface area contributed by atoms with Crippen LogP contribution in [0.1, 0.15) is 19.4 Å². The van der Waals surface area contributed by atoms with Gasteiger partial charge in [0.2, 0.25) is 0 Å². The smallest absolute Gasteiger partial charge is 0.308 e. The van der Waals surface area contributed by atoms with E-state index in [0.29, 0.717) is 11.4 Å². The molecule has 1 aromatic carbocycles. The number of benzene rings is 1. The second-order valence-electron chi connectivity index (χ2n) is 3.82. The molecule has 5 nitrogen and oxygen atoms in total. The van der Waals surface area contributed by atoms with E-state index < -0.39 is 4.92 Å². The van der Waals surface area contributed by atoms with Gasteiger partial charge in [0.15, 0.2) is 0 Å². The average molecular weight is 233 g/mol. The van der Waals surface area contributed by atoms with Crippen LogP contribution in [0.25, 0.3) is 0 Å². The molecule has 0 atom stereocenters. The van der Waals surface area contributed by atoms with E-state index in [0.717, 1.165) is 5.56 Å². The monoisotopic (exact) mass is 233 g/mol. The van der Waals surface area contributed by atoms with Gasteiger partial charge in [-0.3, -0.25) is 10.1 Å². The summed E-state index contributed by atoms with van der Waals surface area (Å²) in [7, 11) is 0. The van der Waals surface area contributed by atoms with Gasteiger partial charge in [0, 0.05) is 0 Å². The van der Waals surface area contributed by atoms with Crippen LogP contribution in [0.15, 0.2) is 40.7 Å². The topological polar surface area (TPSA) is 81.5 Å². The molecule has 0 heterocycles. The molecule has 0 saturated heterocycles. The van der Waals surface area contributed by atoms with Gasteiger partial charge in [-0.25, -0.2) is 4.99 Å². The van der Waals surface area contributed by atoms with Crippen molar-refractivity contribution in [3.8, 4) is 0 Å². The Hall–Kier alpha value is -2.17. The van der Waals surface area contributed by atoms with Crippen molar-refractivity contribution in [3.63, 3.8) is 0 Å². The van der Waals surface area contributed by atoms with Gasteiger partial charge in [-0.05, 0) is 38.5 Å². The minimum atomic E-state index is -0.510. The first-order valence-corrected chi connectivity index (χ1v) is 5.15. The van der Waals surface area contributed by atoms with Crippen LogP contribution in [-0.4, -0.2) is 10.6 Å². The number of hydrogen-bond donors (Lipinski definition) is 1. The van der Waals surface area contributed by atoms with E-state index >= 15 is 0 Å². The van der Waals surface area contributed by atoms with Gasteiger partial charge in [0.1, 0.15) is 5.71 Å². The summed E-state index contributed by atoms with van der Waals surface area (Å²) in [5.41, 5.74) is 7.54. The van der Waals surface area contributed by atoms with E-state index in [4.69, 9.17) is 5.73 Å². The maximum atomic E-state index is 10.8. The lowest BCUT2D eigenvalue weighted by Gasteiger charge is -2.01. The van der Waals surface area contributed by atoms with Crippen LogP contribution >= 0.6 is 0 Å². The van der Waals surface area contributed by atoms with Crippen molar-refractivity contribution in [1.82, 2.24) is 0 Å². The Kier molecular flexibility index (Phi) is 3.98. The number of aryl methyl sites for hydroxylation is 1. The highest BCUT2D eigenvalue weighted by Gasteiger charge is 2.17. The molecule has 90 valence electrons. The minimum Gasteiger partial charge on any atom is -0.397 e. The highest BCUT2D eigenvalue weighted by atomic mass is 16.6. The lowest BCUT2D eigenvalue weighted by atomic mass is 10.2. The van der Waals surface area contributed by atoms with Gasteiger partial charge in [-0.15, -0.1) is 0 Å². The third kappa shape index (κ3) is 3.41. The fraction of sp³-hybridized carbons (Fsp3) is 0.250. The SMILES string of the molecule is CC(=Nc1cccc(C)c1)C(=C(C)N)[N+](=O)[O-]. The van der Waals surface area contributed by atoms with E-state index in [1.54, 1.807) is 13.0 Å². The van der Waals surface area contributed by atoms with Crippen LogP contribution in [0.3, 0.4) is 0 Å². The molecule has 0 aliphatic heterocycles. The number of allylic oxidation sites excluding steroid dienone is 2. The predicted octanol–water partition coefficient (Wildman–Crippen LogP) is 2.55. The van der Waals surface area contributed by atoms with Gasteiger partial charge in [-0.2, -0.15) is 0 Å². The zero-order chi connectivity index (χ0) is 13.0. The Morgan fingerprint density at radius 3 is 2.53 bits per heavy atom. The van der Waals surface area contributed by atoms with Crippen molar-refractivity contribution in [3.05, 3.63) is 51.3 Å². The third-order valence-electron chi connectivity index (χ3n) is 2.20. The molecule has 0 unspecified atom stereocenters. The summed E-state index contributed by atoms with van der Waals surface area (Å²) in [6.45, 7) is 5.01. The van der Waals surface area contributed by atoms with Crippen molar-refractivity contribution in [2.75, 3.05) is 0 Å². The molecular formula is C12H15N3O2. The average Bonchev–Trinajstić information content (AvgIpc) is 2.15. The summed E-state index contributed by atoms with van der Waals surface area (Å²) in [5, 5.41) is 10.8. The molecule has 2 N–H and O–H groups in total. The van der Waals surface area contributed by atoms with E-state index in [1.165, 1.54) is 6.92 Å². The summed E-state index contributed by atoms with van der Waals surface area (Å²) >= 11 is 0. The van der Waals surface area contributed by atoms with E-state index in [-0.39, 0.29) is 11.4 Å². The Balaban J connectivity index is 3.16. The predicted molar refractivity (Wildman–Crippen MR) is 67.8 cm³/mol. The zero-order valence-corrected chi connectivity index (χ0v) is 10.1. The second kappa shape index (κ2) is 5.25. The number of hydrogen-bond acceptors (Lipinski definition) is 4. The lowest BCUT2D eigenvalue weighted by Crippen LogP contribution is -2.14. The number of rotatable bonds is 3. The van der Waals surface area contributed by atoms with Crippen molar-refractivity contribution < 1.29 is 4.92 Å². The van der Waals surface area contributed by atoms with E-state index in [1.807, 2.05) is 25.1 Å². The molecule has 17 heavy (non-hydrogen) atoms. The van der Waals surface area contributed by atoms with Crippen LogP contribution in [0.2, 0.25) is 0 Å². The fourth-order valence-corrected chi connectivity index (χ4v) is 1.51. The quantitative estimate of drug-likeness (QED) is 0.495. The van der Waals surface area contributed by atoms with E-state index in [2.05, 4.69) is 4.99 Å². The Morgan fingerprint density at radius 1 is 1.41 bits per heavy atom. The zero-order valence-electron chi connectivity index (χ0n) is 10.1. The van der Waals surface area contributed by atoms with Crippen molar-refractivity contribution in [2.24, 2.45) is 10.7 Å². The molecule has 1 aromatic rings. The molecule has 0 aliphatic carbocycles. The van der Waals surface area contributed by atoms with Crippen LogP contribution < -0.4 is 5.73 Å². The first-order valence-electron chi connectivity index (χ1n) is 5.15. The highest BCUT2D eigenvalue weighted by Crippen LogP contribution is 2.16. The molecule has 0 radical (unpaired) electrons. The first-order chi connectivity index (χ1) is 7.91. The summed E-state index contributed by atoms with van der Waals surface area (Å²) in [4.78, 5) is 14.5. The van der Waals surface area contributed by atoms with Crippen molar-refractivity contribution in [1.29, 1.82) is 0 Å². The molecule has 1 rings (SSSR count). The first kappa shape index (κ1) is 12.9. The molecule has 0 saturated carbocycles.